The van der Waals surface area contributed by atoms with Crippen molar-refractivity contribution in [1.29, 1.82) is 0 Å². The normalized spacial score (nSPS) is 12.1. The molecule has 0 amide bonds. The minimum absolute atomic E-state index is 0.492. The van der Waals surface area contributed by atoms with E-state index in [1.807, 2.05) is 18.2 Å². The molecule has 0 radical (unpaired) electrons. The van der Waals surface area contributed by atoms with Gasteiger partial charge in [0.05, 0.1) is 0 Å². The molecule has 0 aliphatic rings. The Kier molecular flexibility index (Phi) is 3.44. The summed E-state index contributed by atoms with van der Waals surface area (Å²) in [6.45, 7) is 0. The molecule has 2 aromatic carbocycles. The molecule has 2 aromatic rings. The summed E-state index contributed by atoms with van der Waals surface area (Å²) in [6, 6.07) is 16.2. The van der Waals surface area contributed by atoms with Crippen LogP contribution in [0.1, 0.15) is 11.9 Å². The third-order valence-corrected chi connectivity index (χ3v) is 2.51. The van der Waals surface area contributed by atoms with Crippen LogP contribution in [-0.4, -0.2) is 5.11 Å². The van der Waals surface area contributed by atoms with Gasteiger partial charge >= 0.3 is 0 Å². The van der Waals surface area contributed by atoms with Gasteiger partial charge in [-0.25, -0.2) is 0 Å². The minimum atomic E-state index is -1.05. The van der Waals surface area contributed by atoms with Crippen molar-refractivity contribution in [2.45, 2.75) is 6.29 Å². The monoisotopic (exact) mass is 234 g/mol. The third kappa shape index (κ3) is 2.54. The fourth-order valence-corrected chi connectivity index (χ4v) is 1.60. The topological polar surface area (TPSA) is 29.5 Å². The van der Waals surface area contributed by atoms with Gasteiger partial charge in [-0.3, -0.25) is 0 Å². The number of para-hydroxylation sites is 1. The fraction of sp³-hybridized carbons (Fsp3) is 0.0769. The zero-order chi connectivity index (χ0) is 11.4. The minimum Gasteiger partial charge on any atom is -0.461 e. The molecule has 16 heavy (non-hydrogen) atoms. The van der Waals surface area contributed by atoms with E-state index in [9.17, 15) is 5.11 Å². The van der Waals surface area contributed by atoms with Gasteiger partial charge in [0.25, 0.3) is 0 Å². The van der Waals surface area contributed by atoms with E-state index in [1.54, 1.807) is 36.4 Å². The van der Waals surface area contributed by atoms with Crippen LogP contribution in [0.4, 0.5) is 0 Å². The van der Waals surface area contributed by atoms with Crippen LogP contribution in [0, 0.1) is 0 Å². The fourth-order valence-electron chi connectivity index (χ4n) is 1.37. The van der Waals surface area contributed by atoms with E-state index in [2.05, 4.69) is 0 Å². The Bertz CT molecular complexity index is 456. The first-order chi connectivity index (χ1) is 7.77. The highest BCUT2D eigenvalue weighted by atomic mass is 35.5. The number of ether oxygens (including phenoxy) is 1. The van der Waals surface area contributed by atoms with Gasteiger partial charge in [0.2, 0.25) is 6.29 Å². The summed E-state index contributed by atoms with van der Waals surface area (Å²) in [5.41, 5.74) is 0.563. The highest BCUT2D eigenvalue weighted by Gasteiger charge is 2.11. The Labute approximate surface area is 99.1 Å². The summed E-state index contributed by atoms with van der Waals surface area (Å²) in [5.74, 6) is 0.606. The highest BCUT2D eigenvalue weighted by molar-refractivity contribution is 6.31. The molecule has 1 atom stereocenters. The van der Waals surface area contributed by atoms with Crippen molar-refractivity contribution in [3.8, 4) is 5.75 Å². The molecule has 0 bridgehead atoms. The quantitative estimate of drug-likeness (QED) is 0.825. The molecular weight excluding hydrogens is 224 g/mol. The van der Waals surface area contributed by atoms with Crippen molar-refractivity contribution in [2.24, 2.45) is 0 Å². The molecule has 2 nitrogen and oxygen atoms in total. The first-order valence-electron chi connectivity index (χ1n) is 4.91. The van der Waals surface area contributed by atoms with Crippen molar-refractivity contribution in [1.82, 2.24) is 0 Å². The van der Waals surface area contributed by atoms with Crippen molar-refractivity contribution >= 4 is 11.6 Å². The van der Waals surface area contributed by atoms with Gasteiger partial charge < -0.3 is 9.84 Å². The van der Waals surface area contributed by atoms with Crippen LogP contribution >= 0.6 is 11.6 Å². The summed E-state index contributed by atoms with van der Waals surface area (Å²) in [5, 5.41) is 10.3. The second-order valence-corrected chi connectivity index (χ2v) is 3.71. The van der Waals surface area contributed by atoms with E-state index in [4.69, 9.17) is 16.3 Å². The lowest BCUT2D eigenvalue weighted by Crippen LogP contribution is -2.06. The molecule has 0 aromatic heterocycles. The zero-order valence-corrected chi connectivity index (χ0v) is 9.26. The van der Waals surface area contributed by atoms with Crippen molar-refractivity contribution < 1.29 is 9.84 Å². The van der Waals surface area contributed by atoms with E-state index < -0.39 is 6.29 Å². The van der Waals surface area contributed by atoms with E-state index in [-0.39, 0.29) is 0 Å². The summed E-state index contributed by atoms with van der Waals surface area (Å²) in [4.78, 5) is 0. The molecule has 0 saturated carbocycles. The van der Waals surface area contributed by atoms with Crippen LogP contribution in [0.5, 0.6) is 5.75 Å². The number of aliphatic hydroxyl groups is 1. The maximum Gasteiger partial charge on any atom is 0.225 e. The van der Waals surface area contributed by atoms with Crippen LogP contribution < -0.4 is 4.74 Å². The van der Waals surface area contributed by atoms with Crippen LogP contribution in [0.25, 0.3) is 0 Å². The Balaban J connectivity index is 2.15. The van der Waals surface area contributed by atoms with Crippen molar-refractivity contribution in [2.75, 3.05) is 0 Å². The van der Waals surface area contributed by atoms with E-state index in [1.165, 1.54) is 0 Å². The lowest BCUT2D eigenvalue weighted by atomic mass is 10.2. The van der Waals surface area contributed by atoms with Crippen LogP contribution in [-0.2, 0) is 0 Å². The van der Waals surface area contributed by atoms with Crippen molar-refractivity contribution in [3.05, 3.63) is 65.2 Å². The number of hydrogen-bond acceptors (Lipinski definition) is 2. The number of rotatable bonds is 3. The molecule has 3 heteroatoms. The van der Waals surface area contributed by atoms with Crippen LogP contribution in [0.2, 0.25) is 5.02 Å². The maximum atomic E-state index is 9.85. The second-order valence-electron chi connectivity index (χ2n) is 3.30. The first-order valence-corrected chi connectivity index (χ1v) is 5.29. The summed E-state index contributed by atoms with van der Waals surface area (Å²) in [6.07, 6.45) is -1.05. The average molecular weight is 235 g/mol. The standard InChI is InChI=1S/C13H11ClO2/c14-12-9-5-4-8-11(12)13(15)16-10-6-2-1-3-7-10/h1-9,13,15H. The van der Waals surface area contributed by atoms with E-state index in [0.29, 0.717) is 16.3 Å². The predicted molar refractivity (Wildman–Crippen MR) is 63.5 cm³/mol. The van der Waals surface area contributed by atoms with Crippen molar-refractivity contribution in [3.63, 3.8) is 0 Å². The average Bonchev–Trinajstić information content (AvgIpc) is 2.31. The Morgan fingerprint density at radius 3 is 2.25 bits per heavy atom. The van der Waals surface area contributed by atoms with E-state index in [0.717, 1.165) is 0 Å². The molecule has 1 unspecified atom stereocenters. The highest BCUT2D eigenvalue weighted by Crippen LogP contribution is 2.25. The number of halogens is 1. The molecule has 0 fully saturated rings. The molecule has 0 saturated heterocycles. The smallest absolute Gasteiger partial charge is 0.225 e. The summed E-state index contributed by atoms with van der Waals surface area (Å²) in [7, 11) is 0. The molecule has 2 rings (SSSR count). The molecular formula is C13H11ClO2. The SMILES string of the molecule is OC(Oc1ccccc1)c1ccccc1Cl. The first kappa shape index (κ1) is 11.0. The largest absolute Gasteiger partial charge is 0.461 e. The van der Waals surface area contributed by atoms with Crippen LogP contribution in [0.3, 0.4) is 0 Å². The molecule has 0 heterocycles. The van der Waals surface area contributed by atoms with E-state index >= 15 is 0 Å². The summed E-state index contributed by atoms with van der Waals surface area (Å²) >= 11 is 5.95. The predicted octanol–water partition coefficient (Wildman–Crippen LogP) is 3.41. The lowest BCUT2D eigenvalue weighted by Gasteiger charge is -2.14. The molecule has 0 aliphatic heterocycles. The van der Waals surface area contributed by atoms with Gasteiger partial charge in [-0.2, -0.15) is 0 Å². The lowest BCUT2D eigenvalue weighted by molar-refractivity contribution is -0.0193. The molecule has 1 N–H and O–H groups in total. The van der Waals surface area contributed by atoms with Gasteiger partial charge in [-0.15, -0.1) is 0 Å². The number of hydrogen-bond donors (Lipinski definition) is 1. The number of aliphatic hydroxyl groups excluding tert-OH is 1. The Morgan fingerprint density at radius 1 is 0.938 bits per heavy atom. The molecule has 82 valence electrons. The third-order valence-electron chi connectivity index (χ3n) is 2.16. The van der Waals surface area contributed by atoms with Gasteiger partial charge in [-0.05, 0) is 18.2 Å². The van der Waals surface area contributed by atoms with Gasteiger partial charge in [-0.1, -0.05) is 48.0 Å². The van der Waals surface area contributed by atoms with Gasteiger partial charge in [0.15, 0.2) is 0 Å². The summed E-state index contributed by atoms with van der Waals surface area (Å²) < 4.78 is 5.35. The Hall–Kier alpha value is -1.51. The zero-order valence-electron chi connectivity index (χ0n) is 8.51. The molecule has 0 aliphatic carbocycles. The Morgan fingerprint density at radius 2 is 1.56 bits per heavy atom. The number of benzene rings is 2. The van der Waals surface area contributed by atoms with Gasteiger partial charge in [0.1, 0.15) is 5.75 Å². The van der Waals surface area contributed by atoms with Crippen LogP contribution in [0.15, 0.2) is 54.6 Å². The second kappa shape index (κ2) is 5.01. The van der Waals surface area contributed by atoms with Gasteiger partial charge in [0, 0.05) is 10.6 Å². The molecule has 0 spiro atoms. The maximum absolute atomic E-state index is 9.85.